The standard InChI is InChI=1S/C10H19NO/c1-10(5-2-6-12-10)8-11-7-9-3-4-9/h9,11H,2-8H2,1H3. The van der Waals surface area contributed by atoms with Crippen LogP contribution in [0.4, 0.5) is 0 Å². The minimum atomic E-state index is 0.148. The highest BCUT2D eigenvalue weighted by molar-refractivity contribution is 4.84. The van der Waals surface area contributed by atoms with E-state index in [0.29, 0.717) is 0 Å². The summed E-state index contributed by atoms with van der Waals surface area (Å²) in [6.45, 7) is 5.43. The lowest BCUT2D eigenvalue weighted by molar-refractivity contribution is 0.0208. The zero-order valence-electron chi connectivity index (χ0n) is 7.94. The molecule has 0 radical (unpaired) electrons. The number of hydrogen-bond donors (Lipinski definition) is 1. The SMILES string of the molecule is CC1(CNCC2CC2)CCCO1. The highest BCUT2D eigenvalue weighted by Gasteiger charge is 2.30. The van der Waals surface area contributed by atoms with Crippen LogP contribution in [0.15, 0.2) is 0 Å². The predicted molar refractivity (Wildman–Crippen MR) is 49.2 cm³/mol. The van der Waals surface area contributed by atoms with E-state index in [1.807, 2.05) is 0 Å². The highest BCUT2D eigenvalue weighted by Crippen LogP contribution is 2.28. The van der Waals surface area contributed by atoms with Crippen LogP contribution in [0.5, 0.6) is 0 Å². The molecule has 1 N–H and O–H groups in total. The molecule has 0 aromatic rings. The van der Waals surface area contributed by atoms with Gasteiger partial charge in [0.15, 0.2) is 0 Å². The van der Waals surface area contributed by atoms with Crippen LogP contribution in [0.2, 0.25) is 0 Å². The summed E-state index contributed by atoms with van der Waals surface area (Å²) in [5.41, 5.74) is 0.148. The second kappa shape index (κ2) is 3.35. The van der Waals surface area contributed by atoms with Gasteiger partial charge in [-0.2, -0.15) is 0 Å². The Bertz CT molecular complexity index is 148. The first-order valence-electron chi connectivity index (χ1n) is 5.13. The van der Waals surface area contributed by atoms with Gasteiger partial charge < -0.3 is 10.1 Å². The molecule has 1 unspecified atom stereocenters. The van der Waals surface area contributed by atoms with E-state index in [1.165, 1.54) is 32.2 Å². The number of ether oxygens (including phenoxy) is 1. The van der Waals surface area contributed by atoms with Gasteiger partial charge in [-0.15, -0.1) is 0 Å². The minimum absolute atomic E-state index is 0.148. The van der Waals surface area contributed by atoms with Crippen LogP contribution in [0, 0.1) is 5.92 Å². The molecule has 12 heavy (non-hydrogen) atoms. The molecule has 0 aromatic carbocycles. The second-order valence-electron chi connectivity index (χ2n) is 4.48. The molecule has 1 heterocycles. The fraction of sp³-hybridized carbons (Fsp3) is 1.00. The van der Waals surface area contributed by atoms with E-state index in [2.05, 4.69) is 12.2 Å². The average molecular weight is 169 g/mol. The normalized spacial score (nSPS) is 35.8. The third kappa shape index (κ3) is 2.20. The van der Waals surface area contributed by atoms with E-state index >= 15 is 0 Å². The third-order valence-corrected chi connectivity index (χ3v) is 2.93. The smallest absolute Gasteiger partial charge is 0.0779 e. The lowest BCUT2D eigenvalue weighted by Gasteiger charge is -2.23. The van der Waals surface area contributed by atoms with Crippen molar-refractivity contribution < 1.29 is 4.74 Å². The number of hydrogen-bond acceptors (Lipinski definition) is 2. The van der Waals surface area contributed by atoms with Crippen LogP contribution in [-0.4, -0.2) is 25.3 Å². The molecule has 0 aromatic heterocycles. The number of nitrogens with one attached hydrogen (secondary N) is 1. The van der Waals surface area contributed by atoms with Gasteiger partial charge >= 0.3 is 0 Å². The van der Waals surface area contributed by atoms with Crippen molar-refractivity contribution in [1.29, 1.82) is 0 Å². The van der Waals surface area contributed by atoms with Crippen LogP contribution >= 0.6 is 0 Å². The zero-order chi connectivity index (χ0) is 8.44. The van der Waals surface area contributed by atoms with Gasteiger partial charge in [-0.1, -0.05) is 0 Å². The van der Waals surface area contributed by atoms with Crippen LogP contribution in [0.3, 0.4) is 0 Å². The van der Waals surface area contributed by atoms with E-state index in [0.717, 1.165) is 19.1 Å². The molecule has 2 heteroatoms. The first-order chi connectivity index (χ1) is 5.79. The van der Waals surface area contributed by atoms with E-state index in [-0.39, 0.29) is 5.60 Å². The third-order valence-electron chi connectivity index (χ3n) is 2.93. The first kappa shape index (κ1) is 8.52. The summed E-state index contributed by atoms with van der Waals surface area (Å²) in [6, 6.07) is 0. The molecule has 0 spiro atoms. The summed E-state index contributed by atoms with van der Waals surface area (Å²) in [7, 11) is 0. The molecule has 1 aliphatic carbocycles. The first-order valence-corrected chi connectivity index (χ1v) is 5.13. The molecule has 1 atom stereocenters. The summed E-state index contributed by atoms with van der Waals surface area (Å²) in [4.78, 5) is 0. The Hall–Kier alpha value is -0.0800. The molecule has 0 bridgehead atoms. The molecule has 2 aliphatic rings. The zero-order valence-corrected chi connectivity index (χ0v) is 7.94. The average Bonchev–Trinajstić information content (AvgIpc) is 2.75. The fourth-order valence-electron chi connectivity index (χ4n) is 1.84. The summed E-state index contributed by atoms with van der Waals surface area (Å²) < 4.78 is 5.68. The molecular formula is C10H19NO. The maximum Gasteiger partial charge on any atom is 0.0779 e. The van der Waals surface area contributed by atoms with Gasteiger partial charge in [0.1, 0.15) is 0 Å². The topological polar surface area (TPSA) is 21.3 Å². The fourth-order valence-corrected chi connectivity index (χ4v) is 1.84. The highest BCUT2D eigenvalue weighted by atomic mass is 16.5. The van der Waals surface area contributed by atoms with E-state index in [1.54, 1.807) is 0 Å². The summed E-state index contributed by atoms with van der Waals surface area (Å²) in [5, 5.41) is 3.50. The van der Waals surface area contributed by atoms with Gasteiger partial charge in [-0.05, 0) is 45.1 Å². The van der Waals surface area contributed by atoms with Gasteiger partial charge in [0.25, 0.3) is 0 Å². The van der Waals surface area contributed by atoms with E-state index < -0.39 is 0 Å². The van der Waals surface area contributed by atoms with Crippen molar-refractivity contribution in [2.75, 3.05) is 19.7 Å². The molecule has 1 saturated heterocycles. The molecule has 1 saturated carbocycles. The summed E-state index contributed by atoms with van der Waals surface area (Å²) >= 11 is 0. The van der Waals surface area contributed by atoms with Crippen molar-refractivity contribution in [1.82, 2.24) is 5.32 Å². The van der Waals surface area contributed by atoms with Crippen molar-refractivity contribution in [2.24, 2.45) is 5.92 Å². The molecule has 1 aliphatic heterocycles. The quantitative estimate of drug-likeness (QED) is 0.689. The van der Waals surface area contributed by atoms with Crippen molar-refractivity contribution in [2.45, 2.75) is 38.2 Å². The summed E-state index contributed by atoms with van der Waals surface area (Å²) in [6.07, 6.45) is 5.33. The van der Waals surface area contributed by atoms with Crippen LogP contribution in [0.1, 0.15) is 32.6 Å². The maximum absolute atomic E-state index is 5.68. The summed E-state index contributed by atoms with van der Waals surface area (Å²) in [5.74, 6) is 0.981. The Morgan fingerprint density at radius 1 is 1.50 bits per heavy atom. The molecular weight excluding hydrogens is 150 g/mol. The number of rotatable bonds is 4. The van der Waals surface area contributed by atoms with Crippen LogP contribution < -0.4 is 5.32 Å². The largest absolute Gasteiger partial charge is 0.374 e. The molecule has 2 fully saturated rings. The van der Waals surface area contributed by atoms with E-state index in [4.69, 9.17) is 4.74 Å². The van der Waals surface area contributed by atoms with Gasteiger partial charge in [0.2, 0.25) is 0 Å². The molecule has 2 rings (SSSR count). The molecule has 2 nitrogen and oxygen atoms in total. The Morgan fingerprint density at radius 2 is 2.33 bits per heavy atom. The Labute approximate surface area is 74.7 Å². The monoisotopic (exact) mass is 169 g/mol. The van der Waals surface area contributed by atoms with Crippen LogP contribution in [0.25, 0.3) is 0 Å². The van der Waals surface area contributed by atoms with Gasteiger partial charge in [-0.25, -0.2) is 0 Å². The lowest BCUT2D eigenvalue weighted by Crippen LogP contribution is -2.37. The van der Waals surface area contributed by atoms with Crippen molar-refractivity contribution in [3.05, 3.63) is 0 Å². The van der Waals surface area contributed by atoms with E-state index in [9.17, 15) is 0 Å². The van der Waals surface area contributed by atoms with Crippen molar-refractivity contribution >= 4 is 0 Å². The minimum Gasteiger partial charge on any atom is -0.374 e. The second-order valence-corrected chi connectivity index (χ2v) is 4.48. The van der Waals surface area contributed by atoms with Crippen LogP contribution in [-0.2, 0) is 4.74 Å². The van der Waals surface area contributed by atoms with Crippen molar-refractivity contribution in [3.63, 3.8) is 0 Å². The Morgan fingerprint density at radius 3 is 2.92 bits per heavy atom. The Kier molecular flexibility index (Phi) is 2.37. The predicted octanol–water partition coefficient (Wildman–Crippen LogP) is 1.56. The maximum atomic E-state index is 5.68. The van der Waals surface area contributed by atoms with Gasteiger partial charge in [0, 0.05) is 13.2 Å². The Balaban J connectivity index is 1.63. The molecule has 0 amide bonds. The lowest BCUT2D eigenvalue weighted by atomic mass is 10.0. The van der Waals surface area contributed by atoms with Crippen molar-refractivity contribution in [3.8, 4) is 0 Å². The van der Waals surface area contributed by atoms with Gasteiger partial charge in [0.05, 0.1) is 5.60 Å². The van der Waals surface area contributed by atoms with Gasteiger partial charge in [-0.3, -0.25) is 0 Å². The molecule has 70 valence electrons.